The van der Waals surface area contributed by atoms with Gasteiger partial charge in [0.15, 0.2) is 0 Å². The van der Waals surface area contributed by atoms with Gasteiger partial charge in [0, 0.05) is 16.0 Å². The Hall–Kier alpha value is -2.13. The van der Waals surface area contributed by atoms with Crippen LogP contribution in [0.5, 0.6) is 5.75 Å². The van der Waals surface area contributed by atoms with E-state index < -0.39 is 0 Å². The van der Waals surface area contributed by atoms with E-state index in [-0.39, 0.29) is 5.41 Å². The van der Waals surface area contributed by atoms with Gasteiger partial charge in [-0.05, 0) is 42.2 Å². The van der Waals surface area contributed by atoms with E-state index >= 15 is 0 Å². The van der Waals surface area contributed by atoms with Gasteiger partial charge in [0.25, 0.3) is 0 Å². The van der Waals surface area contributed by atoms with Crippen molar-refractivity contribution in [3.05, 3.63) is 59.0 Å². The number of nitrogens with zero attached hydrogens (tertiary/aromatic N) is 1. The molecule has 1 heterocycles. The normalized spacial score (nSPS) is 11.5. The SMILES string of the molecule is COc1ccc(-c2nc(-c3ccc(C(C)(C)C)cc3)c(C)s2)cc1. The van der Waals surface area contributed by atoms with Crippen LogP contribution in [-0.2, 0) is 5.41 Å². The third-order valence-corrected chi connectivity index (χ3v) is 5.18. The Kier molecular flexibility index (Phi) is 4.46. The molecule has 0 atom stereocenters. The van der Waals surface area contributed by atoms with Gasteiger partial charge in [-0.15, -0.1) is 11.3 Å². The lowest BCUT2D eigenvalue weighted by atomic mass is 9.86. The molecule has 0 bridgehead atoms. The summed E-state index contributed by atoms with van der Waals surface area (Å²) in [6.07, 6.45) is 0. The summed E-state index contributed by atoms with van der Waals surface area (Å²) in [6, 6.07) is 16.9. The Morgan fingerprint density at radius 2 is 1.46 bits per heavy atom. The molecule has 3 rings (SSSR count). The van der Waals surface area contributed by atoms with Crippen LogP contribution in [0.25, 0.3) is 21.8 Å². The van der Waals surface area contributed by atoms with E-state index in [1.807, 2.05) is 12.1 Å². The van der Waals surface area contributed by atoms with E-state index in [9.17, 15) is 0 Å². The molecule has 2 aromatic carbocycles. The molecule has 0 unspecified atom stereocenters. The highest BCUT2D eigenvalue weighted by atomic mass is 32.1. The van der Waals surface area contributed by atoms with Crippen LogP contribution in [0.4, 0.5) is 0 Å². The first-order chi connectivity index (χ1) is 11.4. The molecule has 0 N–H and O–H groups in total. The molecule has 124 valence electrons. The summed E-state index contributed by atoms with van der Waals surface area (Å²) in [7, 11) is 1.68. The summed E-state index contributed by atoms with van der Waals surface area (Å²) in [6.45, 7) is 8.84. The molecular formula is C21H23NOS. The summed E-state index contributed by atoms with van der Waals surface area (Å²) in [5.41, 5.74) is 4.89. The van der Waals surface area contributed by atoms with Gasteiger partial charge in [-0.2, -0.15) is 0 Å². The lowest BCUT2D eigenvalue weighted by Gasteiger charge is -2.19. The summed E-state index contributed by atoms with van der Waals surface area (Å²) in [4.78, 5) is 6.12. The summed E-state index contributed by atoms with van der Waals surface area (Å²) >= 11 is 1.73. The number of aryl methyl sites for hydroxylation is 1. The second-order valence-electron chi connectivity index (χ2n) is 6.98. The van der Waals surface area contributed by atoms with Crippen molar-refractivity contribution in [2.45, 2.75) is 33.1 Å². The molecule has 0 spiro atoms. The Labute approximate surface area is 148 Å². The maximum Gasteiger partial charge on any atom is 0.124 e. The monoisotopic (exact) mass is 337 g/mol. The van der Waals surface area contributed by atoms with Crippen LogP contribution in [0, 0.1) is 6.92 Å². The van der Waals surface area contributed by atoms with Gasteiger partial charge < -0.3 is 4.74 Å². The van der Waals surface area contributed by atoms with Crippen molar-refractivity contribution < 1.29 is 4.74 Å². The number of hydrogen-bond acceptors (Lipinski definition) is 3. The van der Waals surface area contributed by atoms with Crippen LogP contribution >= 0.6 is 11.3 Å². The summed E-state index contributed by atoms with van der Waals surface area (Å²) < 4.78 is 5.22. The minimum atomic E-state index is 0.171. The number of methoxy groups -OCH3 is 1. The van der Waals surface area contributed by atoms with E-state index in [1.165, 1.54) is 16.0 Å². The van der Waals surface area contributed by atoms with Crippen molar-refractivity contribution in [1.82, 2.24) is 4.98 Å². The van der Waals surface area contributed by atoms with Crippen LogP contribution in [0.2, 0.25) is 0 Å². The lowest BCUT2D eigenvalue weighted by Crippen LogP contribution is -2.10. The molecule has 0 saturated carbocycles. The van der Waals surface area contributed by atoms with Crippen LogP contribution in [0.1, 0.15) is 31.2 Å². The van der Waals surface area contributed by atoms with Crippen LogP contribution in [-0.4, -0.2) is 12.1 Å². The zero-order valence-corrected chi connectivity index (χ0v) is 15.7. The third-order valence-electron chi connectivity index (χ3n) is 4.16. The summed E-state index contributed by atoms with van der Waals surface area (Å²) in [5.74, 6) is 0.866. The van der Waals surface area contributed by atoms with Gasteiger partial charge in [-0.25, -0.2) is 4.98 Å². The maximum atomic E-state index is 5.22. The number of hydrogen-bond donors (Lipinski definition) is 0. The number of benzene rings is 2. The van der Waals surface area contributed by atoms with Gasteiger partial charge in [0.05, 0.1) is 12.8 Å². The van der Waals surface area contributed by atoms with Crippen molar-refractivity contribution in [3.8, 4) is 27.6 Å². The quantitative estimate of drug-likeness (QED) is 0.577. The molecule has 0 saturated heterocycles. The number of thiazole rings is 1. The second-order valence-corrected chi connectivity index (χ2v) is 8.18. The van der Waals surface area contributed by atoms with Crippen LogP contribution < -0.4 is 4.74 Å². The highest BCUT2D eigenvalue weighted by Gasteiger charge is 2.15. The molecule has 0 fully saturated rings. The predicted molar refractivity (Wildman–Crippen MR) is 103 cm³/mol. The smallest absolute Gasteiger partial charge is 0.124 e. The highest BCUT2D eigenvalue weighted by molar-refractivity contribution is 7.15. The Morgan fingerprint density at radius 3 is 2.00 bits per heavy atom. The molecule has 2 nitrogen and oxygen atoms in total. The Balaban J connectivity index is 1.93. The van der Waals surface area contributed by atoms with E-state index in [0.717, 1.165) is 22.0 Å². The zero-order valence-electron chi connectivity index (χ0n) is 14.9. The fourth-order valence-corrected chi connectivity index (χ4v) is 3.59. The molecular weight excluding hydrogens is 314 g/mol. The summed E-state index contributed by atoms with van der Waals surface area (Å²) in [5, 5.41) is 1.05. The van der Waals surface area contributed by atoms with Gasteiger partial charge in [-0.3, -0.25) is 0 Å². The molecule has 0 aliphatic heterocycles. The van der Waals surface area contributed by atoms with Gasteiger partial charge in [0.2, 0.25) is 0 Å². The first-order valence-electron chi connectivity index (χ1n) is 8.11. The van der Waals surface area contributed by atoms with Gasteiger partial charge in [-0.1, -0.05) is 45.0 Å². The average molecular weight is 337 g/mol. The molecule has 0 amide bonds. The zero-order chi connectivity index (χ0) is 17.3. The van der Waals surface area contributed by atoms with Crippen molar-refractivity contribution in [2.24, 2.45) is 0 Å². The Bertz CT molecular complexity index is 824. The minimum absolute atomic E-state index is 0.171. The van der Waals surface area contributed by atoms with Crippen molar-refractivity contribution in [1.29, 1.82) is 0 Å². The fourth-order valence-electron chi connectivity index (χ4n) is 2.65. The minimum Gasteiger partial charge on any atom is -0.497 e. The van der Waals surface area contributed by atoms with Crippen LogP contribution in [0.3, 0.4) is 0 Å². The van der Waals surface area contributed by atoms with E-state index in [0.29, 0.717) is 0 Å². The molecule has 1 aromatic heterocycles. The van der Waals surface area contributed by atoms with E-state index in [1.54, 1.807) is 18.4 Å². The number of aromatic nitrogens is 1. The number of rotatable bonds is 3. The fraction of sp³-hybridized carbons (Fsp3) is 0.286. The second kappa shape index (κ2) is 6.40. The largest absolute Gasteiger partial charge is 0.497 e. The molecule has 3 aromatic rings. The Morgan fingerprint density at radius 1 is 0.875 bits per heavy atom. The molecule has 3 heteroatoms. The number of ether oxygens (including phenoxy) is 1. The standard InChI is InChI=1S/C21H23NOS/c1-14-19(15-6-10-17(11-7-15)21(2,3)4)22-20(24-14)16-8-12-18(23-5)13-9-16/h6-13H,1-5H3. The average Bonchev–Trinajstić information content (AvgIpc) is 2.96. The van der Waals surface area contributed by atoms with E-state index in [4.69, 9.17) is 9.72 Å². The molecule has 0 radical (unpaired) electrons. The highest BCUT2D eigenvalue weighted by Crippen LogP contribution is 2.34. The van der Waals surface area contributed by atoms with Gasteiger partial charge >= 0.3 is 0 Å². The van der Waals surface area contributed by atoms with Crippen molar-refractivity contribution >= 4 is 11.3 Å². The first-order valence-corrected chi connectivity index (χ1v) is 8.93. The molecule has 24 heavy (non-hydrogen) atoms. The molecule has 0 aliphatic carbocycles. The van der Waals surface area contributed by atoms with Gasteiger partial charge in [0.1, 0.15) is 10.8 Å². The third kappa shape index (κ3) is 3.36. The molecule has 0 aliphatic rings. The maximum absolute atomic E-state index is 5.22. The topological polar surface area (TPSA) is 22.1 Å². The lowest BCUT2D eigenvalue weighted by molar-refractivity contribution is 0.415. The predicted octanol–water partition coefficient (Wildman–Crippen LogP) is 6.09. The van der Waals surface area contributed by atoms with Crippen LogP contribution in [0.15, 0.2) is 48.5 Å². The van der Waals surface area contributed by atoms with Crippen molar-refractivity contribution in [2.75, 3.05) is 7.11 Å². The van der Waals surface area contributed by atoms with E-state index in [2.05, 4.69) is 64.1 Å². The first kappa shape index (κ1) is 16.7. The van der Waals surface area contributed by atoms with Crippen molar-refractivity contribution in [3.63, 3.8) is 0 Å².